The van der Waals surface area contributed by atoms with E-state index in [2.05, 4.69) is 38.3 Å². The minimum atomic E-state index is 0.337. The molecule has 0 aliphatic heterocycles. The smallest absolute Gasteiger partial charge is 0.222 e. The van der Waals surface area contributed by atoms with Crippen molar-refractivity contribution in [1.29, 1.82) is 0 Å². The van der Waals surface area contributed by atoms with Crippen LogP contribution in [0.4, 0.5) is 0 Å². The van der Waals surface area contributed by atoms with Gasteiger partial charge in [-0.3, -0.25) is 4.79 Å². The molecule has 0 radical (unpaired) electrons. The maximum atomic E-state index is 12.1. The number of rotatable bonds is 7. The van der Waals surface area contributed by atoms with Crippen molar-refractivity contribution < 1.29 is 4.79 Å². The molecule has 1 heterocycles. The Morgan fingerprint density at radius 1 is 1.53 bits per heavy atom. The molecule has 1 saturated carbocycles. The lowest BCUT2D eigenvalue weighted by molar-refractivity contribution is -0.131. The molecule has 17 heavy (non-hydrogen) atoms. The summed E-state index contributed by atoms with van der Waals surface area (Å²) in [6, 6.07) is 4.76. The van der Waals surface area contributed by atoms with E-state index in [-0.39, 0.29) is 0 Å². The topological polar surface area (TPSA) is 20.3 Å². The average molecular weight is 316 g/mol. The number of nitrogens with zero attached hydrogens (tertiary/aromatic N) is 1. The fourth-order valence-corrected chi connectivity index (χ4v) is 3.13. The van der Waals surface area contributed by atoms with Gasteiger partial charge in [0, 0.05) is 29.2 Å². The summed E-state index contributed by atoms with van der Waals surface area (Å²) in [6.45, 7) is 0.864. The molecule has 2 rings (SSSR count). The number of thiophene rings is 1. The lowest BCUT2D eigenvalue weighted by atomic mass is 10.2. The molecular formula is C13H18BrNOS. The normalized spacial score (nSPS) is 14.9. The number of carbonyl (C=O) groups excluding carboxylic acids is 1. The number of hydrogen-bond donors (Lipinski definition) is 0. The molecule has 1 aliphatic rings. The van der Waals surface area contributed by atoms with Gasteiger partial charge in [-0.25, -0.2) is 0 Å². The Labute approximate surface area is 115 Å². The van der Waals surface area contributed by atoms with Gasteiger partial charge < -0.3 is 4.90 Å². The highest BCUT2D eigenvalue weighted by Crippen LogP contribution is 2.27. The molecule has 1 aromatic rings. The first-order valence-electron chi connectivity index (χ1n) is 6.19. The highest BCUT2D eigenvalue weighted by atomic mass is 79.9. The number of halogens is 1. The van der Waals surface area contributed by atoms with Crippen molar-refractivity contribution in [3.63, 3.8) is 0 Å². The van der Waals surface area contributed by atoms with Crippen molar-refractivity contribution in [2.75, 3.05) is 11.9 Å². The first-order valence-corrected chi connectivity index (χ1v) is 8.19. The molecule has 2 nitrogen and oxygen atoms in total. The zero-order chi connectivity index (χ0) is 12.1. The Bertz CT molecular complexity index is 348. The second-order valence-corrected chi connectivity index (χ2v) is 6.27. The molecule has 0 atom stereocenters. The summed E-state index contributed by atoms with van der Waals surface area (Å²) >= 11 is 5.20. The molecule has 0 spiro atoms. The van der Waals surface area contributed by atoms with Gasteiger partial charge in [0.15, 0.2) is 0 Å². The minimum Gasteiger partial charge on any atom is -0.339 e. The molecule has 0 bridgehead atoms. The molecule has 0 N–H and O–H groups in total. The summed E-state index contributed by atoms with van der Waals surface area (Å²) in [5.74, 6) is 0.337. The number of aryl methyl sites for hydroxylation is 1. The number of carbonyl (C=O) groups is 1. The molecule has 1 amide bonds. The van der Waals surface area contributed by atoms with Gasteiger partial charge in [0.05, 0.1) is 0 Å². The standard InChI is InChI=1S/C13H18BrNOS/c14-8-9-15(11-6-7-11)13(16)5-1-3-12-4-2-10-17-12/h2,4,10-11H,1,3,5-9H2. The van der Waals surface area contributed by atoms with Gasteiger partial charge in [-0.15, -0.1) is 11.3 Å². The van der Waals surface area contributed by atoms with Gasteiger partial charge in [-0.05, 0) is 37.1 Å². The first-order chi connectivity index (χ1) is 8.31. The zero-order valence-corrected chi connectivity index (χ0v) is 12.3. The second kappa shape index (κ2) is 6.55. The van der Waals surface area contributed by atoms with E-state index in [0.717, 1.165) is 24.7 Å². The molecule has 1 aliphatic carbocycles. The van der Waals surface area contributed by atoms with Gasteiger partial charge in [-0.1, -0.05) is 22.0 Å². The van der Waals surface area contributed by atoms with Crippen LogP contribution in [0.2, 0.25) is 0 Å². The van der Waals surface area contributed by atoms with Crippen LogP contribution in [-0.2, 0) is 11.2 Å². The second-order valence-electron chi connectivity index (χ2n) is 4.44. The van der Waals surface area contributed by atoms with Gasteiger partial charge >= 0.3 is 0 Å². The Kier molecular flexibility index (Phi) is 5.04. The van der Waals surface area contributed by atoms with E-state index in [1.807, 2.05) is 0 Å². The van der Waals surface area contributed by atoms with Crippen LogP contribution in [0.15, 0.2) is 17.5 Å². The lowest BCUT2D eigenvalue weighted by Gasteiger charge is -2.21. The third-order valence-corrected chi connectivity index (χ3v) is 4.32. The van der Waals surface area contributed by atoms with Crippen molar-refractivity contribution >= 4 is 33.2 Å². The third kappa shape index (κ3) is 4.11. The first kappa shape index (κ1) is 13.1. The monoisotopic (exact) mass is 315 g/mol. The fourth-order valence-electron chi connectivity index (χ4n) is 2.00. The summed E-state index contributed by atoms with van der Waals surface area (Å²) in [5.41, 5.74) is 0. The van der Waals surface area contributed by atoms with E-state index in [4.69, 9.17) is 0 Å². The average Bonchev–Trinajstić information content (AvgIpc) is 3.03. The molecule has 0 saturated heterocycles. The highest BCUT2D eigenvalue weighted by Gasteiger charge is 2.31. The van der Waals surface area contributed by atoms with Crippen LogP contribution in [0.5, 0.6) is 0 Å². The van der Waals surface area contributed by atoms with E-state index in [0.29, 0.717) is 18.4 Å². The van der Waals surface area contributed by atoms with Crippen LogP contribution in [0, 0.1) is 0 Å². The van der Waals surface area contributed by atoms with Crippen LogP contribution in [0.1, 0.15) is 30.6 Å². The summed E-state index contributed by atoms with van der Waals surface area (Å²) in [7, 11) is 0. The van der Waals surface area contributed by atoms with Crippen molar-refractivity contribution in [1.82, 2.24) is 4.90 Å². The van der Waals surface area contributed by atoms with E-state index < -0.39 is 0 Å². The Morgan fingerprint density at radius 2 is 2.35 bits per heavy atom. The quantitative estimate of drug-likeness (QED) is 0.706. The Balaban J connectivity index is 1.71. The molecule has 0 aromatic carbocycles. The van der Waals surface area contributed by atoms with Crippen LogP contribution in [0.3, 0.4) is 0 Å². The van der Waals surface area contributed by atoms with E-state index >= 15 is 0 Å². The molecule has 1 fully saturated rings. The Morgan fingerprint density at radius 3 is 2.94 bits per heavy atom. The minimum absolute atomic E-state index is 0.337. The number of hydrogen-bond acceptors (Lipinski definition) is 2. The molecule has 4 heteroatoms. The van der Waals surface area contributed by atoms with Gasteiger partial charge in [0.1, 0.15) is 0 Å². The van der Waals surface area contributed by atoms with Gasteiger partial charge in [-0.2, -0.15) is 0 Å². The summed E-state index contributed by atoms with van der Waals surface area (Å²) in [6.07, 6.45) is 5.11. The molecule has 1 aromatic heterocycles. The third-order valence-electron chi connectivity index (χ3n) is 3.03. The van der Waals surface area contributed by atoms with Crippen LogP contribution < -0.4 is 0 Å². The van der Waals surface area contributed by atoms with Crippen LogP contribution in [0.25, 0.3) is 0 Å². The summed E-state index contributed by atoms with van der Waals surface area (Å²) < 4.78 is 0. The Hall–Kier alpha value is -0.350. The van der Waals surface area contributed by atoms with Crippen LogP contribution in [-0.4, -0.2) is 28.7 Å². The van der Waals surface area contributed by atoms with Gasteiger partial charge in [0.2, 0.25) is 5.91 Å². The van der Waals surface area contributed by atoms with Crippen molar-refractivity contribution in [2.45, 2.75) is 38.1 Å². The number of alkyl halides is 1. The SMILES string of the molecule is O=C(CCCc1cccs1)N(CCBr)C1CC1. The maximum absolute atomic E-state index is 12.1. The molecule has 94 valence electrons. The lowest BCUT2D eigenvalue weighted by Crippen LogP contribution is -2.34. The molecule has 0 unspecified atom stereocenters. The predicted octanol–water partition coefficient (Wildman–Crippen LogP) is 3.46. The summed E-state index contributed by atoms with van der Waals surface area (Å²) in [4.78, 5) is 15.5. The van der Waals surface area contributed by atoms with Gasteiger partial charge in [0.25, 0.3) is 0 Å². The van der Waals surface area contributed by atoms with Crippen molar-refractivity contribution in [3.05, 3.63) is 22.4 Å². The zero-order valence-electron chi connectivity index (χ0n) is 9.90. The van der Waals surface area contributed by atoms with E-state index in [1.165, 1.54) is 17.7 Å². The largest absolute Gasteiger partial charge is 0.339 e. The number of amides is 1. The summed E-state index contributed by atoms with van der Waals surface area (Å²) in [5, 5.41) is 2.98. The maximum Gasteiger partial charge on any atom is 0.222 e. The van der Waals surface area contributed by atoms with E-state index in [9.17, 15) is 4.79 Å². The molecular weight excluding hydrogens is 298 g/mol. The van der Waals surface area contributed by atoms with Crippen LogP contribution >= 0.6 is 27.3 Å². The predicted molar refractivity (Wildman–Crippen MR) is 75.8 cm³/mol. The van der Waals surface area contributed by atoms with E-state index in [1.54, 1.807) is 11.3 Å². The fraction of sp³-hybridized carbons (Fsp3) is 0.615. The van der Waals surface area contributed by atoms with Crippen molar-refractivity contribution in [2.24, 2.45) is 0 Å². The van der Waals surface area contributed by atoms with Crippen molar-refractivity contribution in [3.8, 4) is 0 Å². The highest BCUT2D eigenvalue weighted by molar-refractivity contribution is 9.09.